The largest absolute Gasteiger partial charge is 0.344 e. The van der Waals surface area contributed by atoms with E-state index in [1.165, 1.54) is 36.5 Å². The minimum atomic E-state index is 0.861. The molecule has 0 bridgehead atoms. The highest BCUT2D eigenvalue weighted by Crippen LogP contribution is 2.30. The Morgan fingerprint density at radius 3 is 2.23 bits per heavy atom. The first kappa shape index (κ1) is 27.6. The van der Waals surface area contributed by atoms with Crippen LogP contribution in [0.15, 0.2) is 61.7 Å². The molecule has 0 fully saturated rings. The van der Waals surface area contributed by atoms with Gasteiger partial charge in [-0.15, -0.1) is 13.2 Å². The van der Waals surface area contributed by atoms with E-state index in [0.717, 1.165) is 25.9 Å². The maximum atomic E-state index is 6.33. The van der Waals surface area contributed by atoms with Crippen LogP contribution < -0.4 is 0 Å². The van der Waals surface area contributed by atoms with Gasteiger partial charge in [0.05, 0.1) is 0 Å². The maximum Gasteiger partial charge on any atom is 0.0485 e. The maximum absolute atomic E-state index is 6.33. The molecule has 2 aromatic rings. The quantitative estimate of drug-likeness (QED) is 0.311. The number of unbranched alkanes of at least 4 members (excludes halogenated alkanes) is 1. The molecular weight excluding hydrogens is 366 g/mol. The summed E-state index contributed by atoms with van der Waals surface area (Å²) < 4.78 is 2.54. The number of rotatable bonds is 5. The molecule has 0 saturated carbocycles. The van der Waals surface area contributed by atoms with Crippen molar-refractivity contribution in [3.05, 3.63) is 73.0 Å². The van der Waals surface area contributed by atoms with Crippen LogP contribution in [-0.4, -0.2) is 29.3 Å². The lowest BCUT2D eigenvalue weighted by molar-refractivity contribution is 0.309. The number of para-hydroxylation sites is 1. The van der Waals surface area contributed by atoms with Crippen molar-refractivity contribution in [2.45, 2.75) is 66.5 Å². The summed E-state index contributed by atoms with van der Waals surface area (Å²) in [6.07, 6.45) is 13.5. The van der Waals surface area contributed by atoms with E-state index in [-0.39, 0.29) is 0 Å². The lowest BCUT2D eigenvalue weighted by Gasteiger charge is -2.24. The van der Waals surface area contributed by atoms with Crippen LogP contribution in [0.3, 0.4) is 0 Å². The topological polar surface area (TPSA) is 32.0 Å². The van der Waals surface area contributed by atoms with Gasteiger partial charge in [-0.3, -0.25) is 0 Å². The summed E-state index contributed by atoms with van der Waals surface area (Å²) in [6, 6.07) is 8.85. The van der Waals surface area contributed by atoms with Gasteiger partial charge in [0, 0.05) is 42.7 Å². The molecule has 1 N–H and O–H groups in total. The van der Waals surface area contributed by atoms with Gasteiger partial charge in [0.25, 0.3) is 0 Å². The minimum Gasteiger partial charge on any atom is -0.344 e. The molecular formula is C27H43N3. The highest BCUT2D eigenvalue weighted by atomic mass is 15.1. The van der Waals surface area contributed by atoms with Gasteiger partial charge in [-0.05, 0) is 64.9 Å². The normalized spacial score (nSPS) is 12.4. The summed E-state index contributed by atoms with van der Waals surface area (Å²) in [4.78, 5) is 2.42. The number of nitrogens with one attached hydrogen (secondary N) is 1. The molecule has 1 aliphatic heterocycles. The number of hydrogen-bond acceptors (Lipinski definition) is 2. The Bertz CT molecular complexity index is 764. The summed E-state index contributed by atoms with van der Waals surface area (Å²) in [5.41, 5.74) is 4.51. The van der Waals surface area contributed by atoms with Crippen molar-refractivity contribution in [1.29, 1.82) is 5.41 Å². The van der Waals surface area contributed by atoms with Crippen molar-refractivity contribution < 1.29 is 0 Å². The molecule has 3 nitrogen and oxygen atoms in total. The fourth-order valence-electron chi connectivity index (χ4n) is 3.19. The van der Waals surface area contributed by atoms with Gasteiger partial charge in [-0.2, -0.15) is 0 Å². The molecule has 1 aromatic carbocycles. The van der Waals surface area contributed by atoms with E-state index in [2.05, 4.69) is 53.9 Å². The number of fused-ring (bicyclic) bond motifs is 3. The molecule has 3 heteroatoms. The zero-order chi connectivity index (χ0) is 22.8. The molecule has 0 saturated heterocycles. The van der Waals surface area contributed by atoms with Crippen molar-refractivity contribution in [3.8, 4) is 0 Å². The van der Waals surface area contributed by atoms with E-state index in [1.807, 2.05) is 45.9 Å². The number of aryl methyl sites for hydroxylation is 1. The Morgan fingerprint density at radius 1 is 1.10 bits per heavy atom. The lowest BCUT2D eigenvalue weighted by atomic mass is 10.1. The van der Waals surface area contributed by atoms with Crippen molar-refractivity contribution in [2.75, 3.05) is 13.6 Å². The van der Waals surface area contributed by atoms with Gasteiger partial charge in [-0.25, -0.2) is 0 Å². The first-order chi connectivity index (χ1) is 14.6. The predicted molar refractivity (Wildman–Crippen MR) is 137 cm³/mol. The number of aromatic nitrogens is 1. The van der Waals surface area contributed by atoms with Gasteiger partial charge >= 0.3 is 0 Å². The number of hydrogen-bond donors (Lipinski definition) is 1. The van der Waals surface area contributed by atoms with Crippen molar-refractivity contribution in [2.24, 2.45) is 0 Å². The van der Waals surface area contributed by atoms with Crippen molar-refractivity contribution >= 4 is 17.1 Å². The second kappa shape index (κ2) is 17.5. The molecule has 0 amide bonds. The highest BCUT2D eigenvalue weighted by molar-refractivity contribution is 5.85. The third kappa shape index (κ3) is 9.41. The fraction of sp³-hybridized carbons (Fsp3) is 0.444. The smallest absolute Gasteiger partial charge is 0.0485 e. The van der Waals surface area contributed by atoms with Gasteiger partial charge in [0.15, 0.2) is 0 Å². The van der Waals surface area contributed by atoms with Crippen molar-refractivity contribution in [3.63, 3.8) is 0 Å². The number of allylic oxidation sites excluding steroid dienone is 4. The summed E-state index contributed by atoms with van der Waals surface area (Å²) in [5, 5.41) is 7.77. The predicted octanol–water partition coefficient (Wildman–Crippen LogP) is 7.42. The lowest BCUT2D eigenvalue weighted by Crippen LogP contribution is -2.27. The first-order valence-electron chi connectivity index (χ1n) is 11.1. The van der Waals surface area contributed by atoms with E-state index in [9.17, 15) is 0 Å². The zero-order valence-electron chi connectivity index (χ0n) is 20.0. The third-order valence-corrected chi connectivity index (χ3v) is 4.68. The van der Waals surface area contributed by atoms with Crippen LogP contribution in [0.5, 0.6) is 0 Å². The summed E-state index contributed by atoms with van der Waals surface area (Å²) >= 11 is 0. The molecule has 1 aliphatic rings. The number of benzene rings is 1. The van der Waals surface area contributed by atoms with E-state index in [1.54, 1.807) is 17.3 Å². The molecule has 0 radical (unpaired) electrons. The molecule has 30 heavy (non-hydrogen) atoms. The zero-order valence-corrected chi connectivity index (χ0v) is 20.0. The van der Waals surface area contributed by atoms with Crippen LogP contribution in [0.4, 0.5) is 0 Å². The van der Waals surface area contributed by atoms with E-state index >= 15 is 0 Å². The first-order valence-corrected chi connectivity index (χ1v) is 11.1. The van der Waals surface area contributed by atoms with Crippen molar-refractivity contribution in [1.82, 2.24) is 9.47 Å². The Morgan fingerprint density at radius 2 is 1.70 bits per heavy atom. The number of likely N-dealkylation sites (N-methyl/N-ethyl adjacent to an activating group) is 1. The molecule has 3 rings (SSSR count). The molecule has 166 valence electrons. The average molecular weight is 410 g/mol. The van der Waals surface area contributed by atoms with Gasteiger partial charge in [0.2, 0.25) is 0 Å². The molecule has 0 spiro atoms. The summed E-state index contributed by atoms with van der Waals surface area (Å²) in [7, 11) is 2.22. The van der Waals surface area contributed by atoms with Gasteiger partial charge in [-0.1, -0.05) is 49.4 Å². The van der Waals surface area contributed by atoms with Crippen LogP contribution in [0.25, 0.3) is 10.9 Å². The van der Waals surface area contributed by atoms with E-state index in [0.29, 0.717) is 0 Å². The molecule has 0 aliphatic carbocycles. The Kier molecular flexibility index (Phi) is 16.1. The molecule has 0 atom stereocenters. The van der Waals surface area contributed by atoms with Gasteiger partial charge < -0.3 is 14.9 Å². The fourth-order valence-corrected chi connectivity index (χ4v) is 3.19. The average Bonchev–Trinajstić information content (AvgIpc) is 3.08. The Hall–Kier alpha value is -2.39. The number of nitrogens with zero attached hydrogens (tertiary/aromatic N) is 2. The Balaban J connectivity index is 0.000000642. The highest BCUT2D eigenvalue weighted by Gasteiger charge is 2.21. The second-order valence-electron chi connectivity index (χ2n) is 7.20. The SMILES string of the molecule is C/C=C\C.C=CC.C=CCCCn1c2c(c3ccccc31)CN(C)CC2.CCC=N. The Labute approximate surface area is 185 Å². The van der Waals surface area contributed by atoms with E-state index < -0.39 is 0 Å². The third-order valence-electron chi connectivity index (χ3n) is 4.68. The standard InChI is InChI=1S/C17H22N2.C4H8.C3H7N.C3H6/c1-3-4-7-11-19-16-9-6-5-8-14(16)15-13-18(2)12-10-17(15)19;1-3-4-2;1-2-3-4;1-3-2/h3,5-6,8-9H,1,4,7,10-13H2,2H3;3-4H,1-2H3;3-4H,2H2,1H3;3H,1H2,2H3/b;4-3-;;. The second-order valence-corrected chi connectivity index (χ2v) is 7.20. The molecule has 0 unspecified atom stereocenters. The van der Waals surface area contributed by atoms with Crippen LogP contribution in [0, 0.1) is 5.41 Å². The summed E-state index contributed by atoms with van der Waals surface area (Å²) in [6.45, 7) is 18.4. The van der Waals surface area contributed by atoms with Crippen LogP contribution >= 0.6 is 0 Å². The minimum absolute atomic E-state index is 0.861. The van der Waals surface area contributed by atoms with Crippen LogP contribution in [0.2, 0.25) is 0 Å². The van der Waals surface area contributed by atoms with Crippen LogP contribution in [-0.2, 0) is 19.5 Å². The van der Waals surface area contributed by atoms with Crippen LogP contribution in [0.1, 0.15) is 58.2 Å². The van der Waals surface area contributed by atoms with E-state index in [4.69, 9.17) is 5.41 Å². The molecule has 1 aromatic heterocycles. The van der Waals surface area contributed by atoms with Gasteiger partial charge in [0.1, 0.15) is 0 Å². The molecule has 2 heterocycles. The summed E-state index contributed by atoms with van der Waals surface area (Å²) in [5.74, 6) is 0. The monoisotopic (exact) mass is 409 g/mol.